The summed E-state index contributed by atoms with van der Waals surface area (Å²) in [4.78, 5) is 40.9. The van der Waals surface area contributed by atoms with E-state index in [1.165, 1.54) is 0 Å². The van der Waals surface area contributed by atoms with Crippen molar-refractivity contribution in [1.29, 1.82) is 0 Å². The van der Waals surface area contributed by atoms with Crippen LogP contribution in [0.4, 0.5) is 4.79 Å². The highest BCUT2D eigenvalue weighted by atomic mass is 16.5. The van der Waals surface area contributed by atoms with Crippen LogP contribution in [0.15, 0.2) is 60.7 Å². The van der Waals surface area contributed by atoms with E-state index in [-0.39, 0.29) is 30.8 Å². The van der Waals surface area contributed by atoms with Crippen molar-refractivity contribution in [2.45, 2.75) is 70.5 Å². The van der Waals surface area contributed by atoms with E-state index in [1.54, 1.807) is 11.7 Å². The average molecular weight is 493 g/mol. The first-order chi connectivity index (χ1) is 17.4. The maximum atomic E-state index is 13.6. The fraction of sp³-hybridized carbons (Fsp3) is 0.444. The van der Waals surface area contributed by atoms with E-state index in [2.05, 4.69) is 10.6 Å². The van der Waals surface area contributed by atoms with Crippen molar-refractivity contribution < 1.29 is 24.1 Å². The summed E-state index contributed by atoms with van der Waals surface area (Å²) in [5, 5.41) is 15.7. The number of ether oxygens (including phenoxy) is 1. The standard InChI is InChI=1S/C27H36BN3O5/c1-3-11-24(28(2)35)30-25(32)23-16-10-17-31(23)26(33)22(18-20-12-6-4-7-13-20)29-27(34)36-19-21-14-8-5-9-15-21/h4-9,12-15,22-24,35H,3,10-11,16-19H2,1-2H3,(H,29,34)(H,30,32). The molecule has 0 saturated carbocycles. The molecule has 0 aliphatic carbocycles. The first-order valence-corrected chi connectivity index (χ1v) is 12.7. The van der Waals surface area contributed by atoms with Gasteiger partial charge in [-0.25, -0.2) is 4.79 Å². The predicted octanol–water partition coefficient (Wildman–Crippen LogP) is 2.95. The third-order valence-corrected chi connectivity index (χ3v) is 6.43. The first-order valence-electron chi connectivity index (χ1n) is 12.7. The number of likely N-dealkylation sites (tertiary alicyclic amines) is 1. The predicted molar refractivity (Wildman–Crippen MR) is 139 cm³/mol. The van der Waals surface area contributed by atoms with Crippen molar-refractivity contribution in [1.82, 2.24) is 15.5 Å². The largest absolute Gasteiger partial charge is 0.449 e. The molecule has 8 nitrogen and oxygen atoms in total. The van der Waals surface area contributed by atoms with Crippen molar-refractivity contribution in [2.75, 3.05) is 6.54 Å². The Hall–Kier alpha value is -3.33. The van der Waals surface area contributed by atoms with Crippen molar-refractivity contribution in [3.05, 3.63) is 71.8 Å². The Morgan fingerprint density at radius 3 is 2.31 bits per heavy atom. The van der Waals surface area contributed by atoms with Gasteiger partial charge in [0.2, 0.25) is 11.8 Å². The molecule has 1 aliphatic heterocycles. The molecule has 1 aliphatic rings. The summed E-state index contributed by atoms with van der Waals surface area (Å²) in [7, 11) is 0. The average Bonchev–Trinajstić information content (AvgIpc) is 3.38. The second-order valence-electron chi connectivity index (χ2n) is 9.28. The van der Waals surface area contributed by atoms with E-state index < -0.39 is 25.1 Å². The fourth-order valence-corrected chi connectivity index (χ4v) is 4.48. The van der Waals surface area contributed by atoms with Crippen LogP contribution in [0.25, 0.3) is 0 Å². The second-order valence-corrected chi connectivity index (χ2v) is 9.28. The van der Waals surface area contributed by atoms with Crippen LogP contribution in [-0.4, -0.2) is 59.3 Å². The maximum Gasteiger partial charge on any atom is 0.408 e. The van der Waals surface area contributed by atoms with Crippen molar-refractivity contribution in [2.24, 2.45) is 0 Å². The molecule has 3 rings (SSSR count). The summed E-state index contributed by atoms with van der Waals surface area (Å²) in [6.45, 7) is 3.47. The van der Waals surface area contributed by atoms with Crippen molar-refractivity contribution in [3.63, 3.8) is 0 Å². The summed E-state index contributed by atoms with van der Waals surface area (Å²) >= 11 is 0. The topological polar surface area (TPSA) is 108 Å². The van der Waals surface area contributed by atoms with Crippen molar-refractivity contribution in [3.8, 4) is 0 Å². The minimum absolute atomic E-state index is 0.0891. The Kier molecular flexibility index (Phi) is 10.4. The van der Waals surface area contributed by atoms with E-state index in [0.717, 1.165) is 17.5 Å². The zero-order valence-corrected chi connectivity index (χ0v) is 21.1. The van der Waals surface area contributed by atoms with Crippen LogP contribution >= 0.6 is 0 Å². The Morgan fingerprint density at radius 1 is 1.06 bits per heavy atom. The first kappa shape index (κ1) is 27.3. The van der Waals surface area contributed by atoms with Crippen LogP contribution in [0.3, 0.4) is 0 Å². The van der Waals surface area contributed by atoms with E-state index in [9.17, 15) is 19.4 Å². The minimum atomic E-state index is -0.882. The molecule has 0 bridgehead atoms. The van der Waals surface area contributed by atoms with Gasteiger partial charge in [0.05, 0.1) is 0 Å². The molecule has 0 spiro atoms. The fourth-order valence-electron chi connectivity index (χ4n) is 4.48. The molecule has 1 saturated heterocycles. The van der Waals surface area contributed by atoms with Gasteiger partial charge in [-0.15, -0.1) is 0 Å². The molecule has 0 aromatic heterocycles. The second kappa shape index (κ2) is 13.7. The zero-order chi connectivity index (χ0) is 25.9. The number of nitrogens with zero attached hydrogens (tertiary/aromatic N) is 1. The van der Waals surface area contributed by atoms with Gasteiger partial charge < -0.3 is 25.3 Å². The third-order valence-electron chi connectivity index (χ3n) is 6.43. The molecule has 2 aromatic rings. The molecule has 3 amide bonds. The van der Waals surface area contributed by atoms with E-state index in [4.69, 9.17) is 4.74 Å². The van der Waals surface area contributed by atoms with Crippen LogP contribution in [-0.2, 0) is 27.4 Å². The highest BCUT2D eigenvalue weighted by Crippen LogP contribution is 2.20. The summed E-state index contributed by atoms with van der Waals surface area (Å²) in [5.74, 6) is -0.964. The quantitative estimate of drug-likeness (QED) is 0.418. The van der Waals surface area contributed by atoms with Gasteiger partial charge in [0.1, 0.15) is 18.7 Å². The lowest BCUT2D eigenvalue weighted by atomic mass is 9.62. The van der Waals surface area contributed by atoms with E-state index >= 15 is 0 Å². The number of carbonyl (C=O) groups excluding carboxylic acids is 3. The Bertz CT molecular complexity index is 989. The molecule has 3 unspecified atom stereocenters. The van der Waals surface area contributed by atoms with Crippen LogP contribution in [0.2, 0.25) is 6.82 Å². The van der Waals surface area contributed by atoms with E-state index in [1.807, 2.05) is 67.6 Å². The molecule has 1 heterocycles. The third kappa shape index (κ3) is 7.85. The molecule has 36 heavy (non-hydrogen) atoms. The lowest BCUT2D eigenvalue weighted by Crippen LogP contribution is -2.56. The molecule has 9 heteroatoms. The molecule has 3 atom stereocenters. The molecule has 0 radical (unpaired) electrons. The number of nitrogens with one attached hydrogen (secondary N) is 2. The van der Waals surface area contributed by atoms with E-state index in [0.29, 0.717) is 25.8 Å². The van der Waals surface area contributed by atoms with Gasteiger partial charge >= 0.3 is 13.0 Å². The van der Waals surface area contributed by atoms with Gasteiger partial charge in [0.15, 0.2) is 0 Å². The number of hydrogen-bond donors (Lipinski definition) is 3. The molecule has 2 aromatic carbocycles. The SMILES string of the molecule is CCCC(NC(=O)C1CCCN1C(=O)C(Cc1ccccc1)NC(=O)OCc1ccccc1)B(C)O. The number of benzene rings is 2. The summed E-state index contributed by atoms with van der Waals surface area (Å²) < 4.78 is 5.36. The number of amides is 3. The molecular formula is C27H36BN3O5. The number of rotatable bonds is 11. The van der Waals surface area contributed by atoms with Crippen LogP contribution in [0, 0.1) is 0 Å². The summed E-state index contributed by atoms with van der Waals surface area (Å²) in [6.07, 6.45) is 2.27. The maximum absolute atomic E-state index is 13.6. The Labute approximate surface area is 213 Å². The summed E-state index contributed by atoms with van der Waals surface area (Å²) in [5.41, 5.74) is 1.73. The van der Waals surface area contributed by atoms with Gasteiger partial charge in [-0.05, 0) is 30.4 Å². The highest BCUT2D eigenvalue weighted by Gasteiger charge is 2.39. The number of alkyl carbamates (subject to hydrolysis) is 1. The lowest BCUT2D eigenvalue weighted by molar-refractivity contribution is -0.140. The molecule has 1 fully saturated rings. The zero-order valence-electron chi connectivity index (χ0n) is 21.1. The lowest BCUT2D eigenvalue weighted by Gasteiger charge is -2.30. The van der Waals surface area contributed by atoms with Crippen LogP contribution in [0.1, 0.15) is 43.7 Å². The van der Waals surface area contributed by atoms with Gasteiger partial charge in [0.25, 0.3) is 0 Å². The Balaban J connectivity index is 1.71. The number of carbonyl (C=O) groups is 3. The van der Waals surface area contributed by atoms with Gasteiger partial charge in [-0.1, -0.05) is 80.8 Å². The highest BCUT2D eigenvalue weighted by molar-refractivity contribution is 6.51. The number of hydrogen-bond acceptors (Lipinski definition) is 5. The monoisotopic (exact) mass is 493 g/mol. The summed E-state index contributed by atoms with van der Waals surface area (Å²) in [6, 6.07) is 17.2. The smallest absolute Gasteiger partial charge is 0.408 e. The van der Waals surface area contributed by atoms with Gasteiger partial charge in [-0.3, -0.25) is 9.59 Å². The van der Waals surface area contributed by atoms with Crippen molar-refractivity contribution >= 4 is 24.8 Å². The Morgan fingerprint density at radius 2 is 1.69 bits per heavy atom. The van der Waals surface area contributed by atoms with Crippen LogP contribution < -0.4 is 10.6 Å². The van der Waals surface area contributed by atoms with Gasteiger partial charge in [-0.2, -0.15) is 0 Å². The molecule has 3 N–H and O–H groups in total. The van der Waals surface area contributed by atoms with Gasteiger partial charge in [0, 0.05) is 18.9 Å². The van der Waals surface area contributed by atoms with Crippen LogP contribution in [0.5, 0.6) is 0 Å². The minimum Gasteiger partial charge on any atom is -0.449 e. The normalized spacial score (nSPS) is 16.6. The molecular weight excluding hydrogens is 457 g/mol. The molecule has 192 valence electrons.